The number of carboxylic acid groups (broad SMARTS) is 6. The number of methoxy groups -OCH3 is 2. The number of nitrogens with one attached hydrogen (secondary N) is 4. The van der Waals surface area contributed by atoms with Crippen LogP contribution in [0.1, 0.15) is 62.5 Å². The van der Waals surface area contributed by atoms with Crippen LogP contribution in [0.15, 0.2) is 85.5 Å². The Hall–Kier alpha value is -10.3. The lowest BCUT2D eigenvalue weighted by atomic mass is 9.79. The van der Waals surface area contributed by atoms with E-state index in [4.69, 9.17) is 70.8 Å². The summed E-state index contributed by atoms with van der Waals surface area (Å²) in [5, 5.41) is 64.7. The molecule has 0 spiro atoms. The van der Waals surface area contributed by atoms with Crippen molar-refractivity contribution >= 4 is 113 Å². The fourth-order valence-electron chi connectivity index (χ4n) is 11.7. The third-order valence-corrected chi connectivity index (χ3v) is 17.1. The lowest BCUT2D eigenvalue weighted by molar-refractivity contribution is -0.695. The summed E-state index contributed by atoms with van der Waals surface area (Å²) in [6, 6.07) is 18.4. The van der Waals surface area contributed by atoms with Gasteiger partial charge in [-0.15, -0.1) is 0 Å². The summed E-state index contributed by atoms with van der Waals surface area (Å²) in [6.07, 6.45) is -6.65. The number of aliphatic carboxylic acids is 6. The molecule has 2 aliphatic heterocycles. The van der Waals surface area contributed by atoms with Gasteiger partial charge >= 0.3 is 48.6 Å². The van der Waals surface area contributed by atoms with Gasteiger partial charge in [0.05, 0.1) is 49.1 Å². The van der Waals surface area contributed by atoms with Crippen LogP contribution in [0.2, 0.25) is 0 Å². The van der Waals surface area contributed by atoms with E-state index in [9.17, 15) is 71.9 Å². The van der Waals surface area contributed by atoms with Gasteiger partial charge in [-0.25, -0.2) is 18.7 Å². The number of benzene rings is 4. The Kier molecular flexibility index (Phi) is 28.4. The maximum absolute atomic E-state index is 12.7. The van der Waals surface area contributed by atoms with Crippen molar-refractivity contribution in [2.45, 2.75) is 114 Å². The fourth-order valence-corrected chi connectivity index (χ4v) is 11.7. The highest BCUT2D eigenvalue weighted by Crippen LogP contribution is 2.39. The second kappa shape index (κ2) is 35.7. The van der Waals surface area contributed by atoms with Crippen molar-refractivity contribution in [1.82, 2.24) is 30.4 Å². The van der Waals surface area contributed by atoms with Crippen LogP contribution in [-0.2, 0) is 64.5 Å². The van der Waals surface area contributed by atoms with Gasteiger partial charge in [-0.05, 0) is 147 Å². The molecule has 2 unspecified atom stereocenters. The molecule has 0 bridgehead atoms. The number of halogens is 12. The Balaban J connectivity index is 0.000000511. The number of H-pyrrole nitrogens is 2. The highest BCUT2D eigenvalue weighted by molar-refractivity contribution is 6.22. The summed E-state index contributed by atoms with van der Waals surface area (Å²) in [7, 11) is 3.34. The first-order valence-corrected chi connectivity index (χ1v) is 31.6. The molecule has 2 amide bonds. The number of nitrogens with two attached hydrogens (primary N) is 2. The van der Waals surface area contributed by atoms with Crippen molar-refractivity contribution in [2.75, 3.05) is 53.5 Å². The highest BCUT2D eigenvalue weighted by Gasteiger charge is 2.39. The monoisotopic (exact) mass is 1490 g/mol. The second-order valence-corrected chi connectivity index (χ2v) is 24.1. The van der Waals surface area contributed by atoms with Crippen molar-refractivity contribution in [3.8, 4) is 11.5 Å². The number of likely N-dealkylation sites (tertiary alicyclic amines) is 2. The Morgan fingerprint density at radius 2 is 0.846 bits per heavy atom. The van der Waals surface area contributed by atoms with Gasteiger partial charge in [0, 0.05) is 70.6 Å². The van der Waals surface area contributed by atoms with E-state index in [1.54, 1.807) is 14.2 Å². The predicted molar refractivity (Wildman–Crippen MR) is 341 cm³/mol. The second-order valence-electron chi connectivity index (χ2n) is 24.1. The van der Waals surface area contributed by atoms with Crippen molar-refractivity contribution in [3.05, 3.63) is 96.6 Å². The molecule has 2 fully saturated rings. The Morgan fingerprint density at radius 1 is 0.529 bits per heavy atom. The first kappa shape index (κ1) is 82.6. The molecule has 6 heterocycles. The highest BCUT2D eigenvalue weighted by atomic mass is 19.4. The molecule has 4 aromatic carbocycles. The normalized spacial score (nSPS) is 14.7. The number of hydrogen-bond acceptors (Lipinski definition) is 16. The molecule has 104 heavy (non-hydrogen) atoms. The smallest absolute Gasteiger partial charge is 0.490 e. The third kappa shape index (κ3) is 23.3. The minimum absolute atomic E-state index is 0.0324. The van der Waals surface area contributed by atoms with Gasteiger partial charge in [0.25, 0.3) is 0 Å². The zero-order valence-electron chi connectivity index (χ0n) is 55.3. The van der Waals surface area contributed by atoms with Crippen LogP contribution in [0, 0.1) is 11.8 Å². The SMILES string of the molecule is COc1ccc2[nH]c3c(CNC(=O)CCC(N)C(=O)O)cc4cc[n+](CCN5CCC(C6CCN(CC[n+]7ccc8cc(CNC(=O)CCC(N)C(=O)O)c9[nH]c%10ccc(OC)cc%10c9c8c7)CC6)CC5)cc4c3c2c1.O=C(O)C(F)(F)F.O=C(O)C(F)(F)F.O=C([O-])C(F)(F)F.O=C([O-])C(F)(F)F. The van der Waals surface area contributed by atoms with Gasteiger partial charge in [-0.1, -0.05) is 0 Å². The number of alkyl halides is 12. The Bertz CT molecular complexity index is 4070. The third-order valence-electron chi connectivity index (χ3n) is 17.1. The number of nitrogens with zero attached hydrogens (tertiary/aromatic N) is 4. The minimum Gasteiger partial charge on any atom is -0.542 e. The van der Waals surface area contributed by atoms with E-state index < -0.39 is 72.6 Å². The van der Waals surface area contributed by atoms with Crippen LogP contribution in [0.3, 0.4) is 0 Å². The topological polar surface area (TPSA) is 404 Å². The standard InChI is InChI=1S/C58H68N10O8.4C2HF3O2/c1-75-41-3-7-49-43(29-41)53-45-33-67(21-15-37(45)27-39(55(53)63-49)31-61-51(69)9-5-47(59)57(71)72)25-23-65-17-11-35(12-18-65)36-13-19-66(20-14-36)24-26-68-22-16-38-28-40(32-62-52(70)10-6-48(60)58(73)74)56-54(46(38)34-68)44-30-42(76-2)4-8-50(44)64-56;4*3-2(4,5)1(6)7/h3-4,7-8,15-16,21-22,27-30,33-36,47-48H,5-6,9-14,17-20,23-26,31-32,59-60H2,1-2H3,(H4,61,62,69,70,71,72,73,74);4*(H,6,7). The molecule has 2 aliphatic rings. The average molecular weight is 1490 g/mol. The van der Waals surface area contributed by atoms with E-state index in [1.165, 1.54) is 25.7 Å². The van der Waals surface area contributed by atoms with Gasteiger partial charge < -0.3 is 81.8 Å². The molecule has 0 saturated carbocycles. The number of aromatic amines is 2. The number of fused-ring (bicyclic) bond motifs is 10. The molecule has 4 aromatic heterocycles. The van der Waals surface area contributed by atoms with Gasteiger partial charge in [0.15, 0.2) is 37.9 Å². The van der Waals surface area contributed by atoms with Crippen molar-refractivity contribution in [3.63, 3.8) is 0 Å². The summed E-state index contributed by atoms with van der Waals surface area (Å²) in [4.78, 5) is 95.7. The van der Waals surface area contributed by atoms with Crippen LogP contribution in [-0.4, -0.2) is 178 Å². The molecule has 10 rings (SSSR count). The summed E-state index contributed by atoms with van der Waals surface area (Å²) < 4.78 is 142. The number of hydrogen-bond donors (Lipinski definition) is 10. The lowest BCUT2D eigenvalue weighted by Crippen LogP contribution is -2.46. The van der Waals surface area contributed by atoms with Gasteiger partial charge in [-0.2, -0.15) is 52.7 Å². The molecule has 566 valence electrons. The van der Waals surface area contributed by atoms with E-state index in [1.807, 2.05) is 24.3 Å². The predicted octanol–water partition coefficient (Wildman–Crippen LogP) is 5.46. The number of amides is 2. The number of aromatic nitrogens is 4. The number of carbonyl (C=O) groups is 8. The fraction of sp³-hybridized carbons (Fsp3) is 0.424. The molecule has 38 heteroatoms. The summed E-state index contributed by atoms with van der Waals surface area (Å²) in [6.45, 7) is 8.69. The molecule has 12 N–H and O–H groups in total. The Morgan fingerprint density at radius 3 is 1.12 bits per heavy atom. The maximum atomic E-state index is 12.7. The molecule has 0 aliphatic carbocycles. The van der Waals surface area contributed by atoms with Gasteiger partial charge in [0.1, 0.15) is 35.5 Å². The molecule has 0 radical (unpaired) electrons. The van der Waals surface area contributed by atoms with Crippen LogP contribution >= 0.6 is 0 Å². The maximum Gasteiger partial charge on any atom is 0.490 e. The summed E-state index contributed by atoms with van der Waals surface area (Å²) >= 11 is 0. The molecular formula is C66H72F12N10O16. The number of carbonyl (C=O) groups excluding carboxylic acids is 4. The average Bonchev–Trinajstić information content (AvgIpc) is 1.58. The number of pyridine rings is 2. The van der Waals surface area contributed by atoms with Crippen LogP contribution in [0.5, 0.6) is 11.5 Å². The quantitative estimate of drug-likeness (QED) is 0.0315. The minimum atomic E-state index is -5.19. The van der Waals surface area contributed by atoms with Crippen LogP contribution in [0.4, 0.5) is 52.7 Å². The van der Waals surface area contributed by atoms with E-state index >= 15 is 0 Å². The zero-order valence-corrected chi connectivity index (χ0v) is 55.3. The van der Waals surface area contributed by atoms with Crippen molar-refractivity contribution in [1.29, 1.82) is 0 Å². The number of rotatable bonds is 21. The van der Waals surface area contributed by atoms with Crippen molar-refractivity contribution in [2.24, 2.45) is 23.3 Å². The number of piperidine rings is 2. The summed E-state index contributed by atoms with van der Waals surface area (Å²) in [5.74, 6) is -11.2. The zero-order chi connectivity index (χ0) is 77.3. The van der Waals surface area contributed by atoms with E-state index in [0.717, 1.165) is 152 Å². The Labute approximate surface area is 581 Å². The van der Waals surface area contributed by atoms with E-state index in [0.29, 0.717) is 0 Å². The van der Waals surface area contributed by atoms with Crippen LogP contribution in [0.25, 0.3) is 65.2 Å². The van der Waals surface area contributed by atoms with Gasteiger partial charge in [0.2, 0.25) is 11.8 Å². The largest absolute Gasteiger partial charge is 0.542 e. The first-order valence-electron chi connectivity index (χ1n) is 31.6. The molecule has 2 saturated heterocycles. The first-order chi connectivity index (χ1) is 48.6. The van der Waals surface area contributed by atoms with Crippen molar-refractivity contribution < 1.29 is 140 Å². The number of ether oxygens (including phenoxy) is 2. The van der Waals surface area contributed by atoms with Gasteiger partial charge in [-0.3, -0.25) is 29.0 Å². The van der Waals surface area contributed by atoms with Crippen LogP contribution < -0.4 is 50.9 Å². The number of carboxylic acids is 6. The molecule has 2 atom stereocenters. The van der Waals surface area contributed by atoms with E-state index in [2.05, 4.69) is 101 Å². The molecule has 26 nitrogen and oxygen atoms in total. The molecular weight excluding hydrogens is 1420 g/mol. The van der Waals surface area contributed by atoms with E-state index in [-0.39, 0.29) is 50.6 Å². The summed E-state index contributed by atoms with van der Waals surface area (Å²) in [5.41, 5.74) is 17.0. The lowest BCUT2D eigenvalue weighted by Gasteiger charge is -2.39. The molecule has 8 aromatic rings.